The van der Waals surface area contributed by atoms with E-state index in [1.54, 1.807) is 36.4 Å². The van der Waals surface area contributed by atoms with Gasteiger partial charge in [-0.15, -0.1) is 0 Å². The van der Waals surface area contributed by atoms with E-state index in [1.807, 2.05) is 18.2 Å². The SMILES string of the molecule is O=C(COC(=O)CNC(=O)COc1ccccc1)NC[C@H]1COc2ccccc2O1. The Morgan fingerprint density at radius 1 is 0.900 bits per heavy atom. The Morgan fingerprint density at radius 3 is 2.40 bits per heavy atom. The summed E-state index contributed by atoms with van der Waals surface area (Å²) in [5.74, 6) is 0.123. The molecule has 1 heterocycles. The van der Waals surface area contributed by atoms with E-state index in [1.165, 1.54) is 0 Å². The third-order valence-electron chi connectivity index (χ3n) is 4.00. The molecule has 0 saturated carbocycles. The topological polar surface area (TPSA) is 112 Å². The van der Waals surface area contributed by atoms with Gasteiger partial charge in [-0.2, -0.15) is 0 Å². The number of ether oxygens (including phenoxy) is 4. The van der Waals surface area contributed by atoms with Gasteiger partial charge in [-0.3, -0.25) is 14.4 Å². The van der Waals surface area contributed by atoms with Crippen LogP contribution in [0.3, 0.4) is 0 Å². The first-order valence-electron chi connectivity index (χ1n) is 9.35. The maximum Gasteiger partial charge on any atom is 0.325 e. The average molecular weight is 414 g/mol. The lowest BCUT2D eigenvalue weighted by molar-refractivity contribution is -0.148. The van der Waals surface area contributed by atoms with E-state index < -0.39 is 24.4 Å². The number of esters is 1. The molecule has 2 aromatic rings. The molecule has 0 radical (unpaired) electrons. The minimum absolute atomic E-state index is 0.207. The summed E-state index contributed by atoms with van der Waals surface area (Å²) in [4.78, 5) is 35.2. The molecular formula is C21H22N2O7. The summed E-state index contributed by atoms with van der Waals surface area (Å²) in [7, 11) is 0. The van der Waals surface area contributed by atoms with Crippen LogP contribution in [-0.2, 0) is 19.1 Å². The fourth-order valence-corrected chi connectivity index (χ4v) is 2.53. The van der Waals surface area contributed by atoms with Crippen LogP contribution in [-0.4, -0.2) is 56.8 Å². The van der Waals surface area contributed by atoms with Gasteiger partial charge in [-0.05, 0) is 24.3 Å². The first-order valence-corrected chi connectivity index (χ1v) is 9.35. The van der Waals surface area contributed by atoms with Gasteiger partial charge in [-0.1, -0.05) is 30.3 Å². The number of para-hydroxylation sites is 3. The molecule has 2 aromatic carbocycles. The Balaban J connectivity index is 1.26. The van der Waals surface area contributed by atoms with Gasteiger partial charge in [0.2, 0.25) is 0 Å². The first-order chi connectivity index (χ1) is 14.6. The van der Waals surface area contributed by atoms with Crippen molar-refractivity contribution < 1.29 is 33.3 Å². The van der Waals surface area contributed by atoms with Crippen LogP contribution in [0, 0.1) is 0 Å². The van der Waals surface area contributed by atoms with Gasteiger partial charge in [0, 0.05) is 0 Å². The Kier molecular flexibility index (Phi) is 7.48. The van der Waals surface area contributed by atoms with E-state index in [4.69, 9.17) is 18.9 Å². The second-order valence-electron chi connectivity index (χ2n) is 6.34. The third kappa shape index (κ3) is 6.69. The molecule has 0 unspecified atom stereocenters. The highest BCUT2D eigenvalue weighted by Crippen LogP contribution is 2.30. The monoisotopic (exact) mass is 414 g/mol. The highest BCUT2D eigenvalue weighted by Gasteiger charge is 2.21. The summed E-state index contributed by atoms with van der Waals surface area (Å²) in [6, 6.07) is 16.1. The highest BCUT2D eigenvalue weighted by atomic mass is 16.6. The molecule has 158 valence electrons. The van der Waals surface area contributed by atoms with Crippen molar-refractivity contribution in [3.63, 3.8) is 0 Å². The van der Waals surface area contributed by atoms with Gasteiger partial charge in [0.05, 0.1) is 6.54 Å². The molecule has 1 aliphatic heterocycles. The van der Waals surface area contributed by atoms with Crippen LogP contribution in [0.15, 0.2) is 54.6 Å². The van der Waals surface area contributed by atoms with Crippen molar-refractivity contribution in [3.05, 3.63) is 54.6 Å². The van der Waals surface area contributed by atoms with E-state index in [0.717, 1.165) is 0 Å². The number of hydrogen-bond donors (Lipinski definition) is 2. The second kappa shape index (κ2) is 10.7. The maximum absolute atomic E-state index is 11.8. The standard InChI is InChI=1S/C21H22N2O7/c24-19(13-27-15-6-2-1-3-7-15)23-11-21(26)29-14-20(25)22-10-16-12-28-17-8-4-5-9-18(17)30-16/h1-9,16H,10-14H2,(H,22,25)(H,23,24)/t16-/m0/s1. The summed E-state index contributed by atoms with van der Waals surface area (Å²) in [6.45, 7) is -0.545. The molecule has 2 N–H and O–H groups in total. The van der Waals surface area contributed by atoms with Gasteiger partial charge in [0.15, 0.2) is 24.7 Å². The molecule has 9 heteroatoms. The molecule has 0 fully saturated rings. The van der Waals surface area contributed by atoms with Crippen molar-refractivity contribution in [1.82, 2.24) is 10.6 Å². The number of benzene rings is 2. The molecule has 1 atom stereocenters. The predicted octanol–water partition coefficient (Wildman–Crippen LogP) is 0.681. The van der Waals surface area contributed by atoms with E-state index in [2.05, 4.69) is 10.6 Å². The second-order valence-corrected chi connectivity index (χ2v) is 6.34. The van der Waals surface area contributed by atoms with Crippen molar-refractivity contribution in [2.45, 2.75) is 6.10 Å². The molecule has 2 amide bonds. The van der Waals surface area contributed by atoms with E-state index in [9.17, 15) is 14.4 Å². The molecular weight excluding hydrogens is 392 g/mol. The Labute approximate surface area is 173 Å². The fraction of sp³-hybridized carbons (Fsp3) is 0.286. The number of hydrogen-bond acceptors (Lipinski definition) is 7. The molecule has 0 bridgehead atoms. The number of carbonyl (C=O) groups is 3. The number of rotatable bonds is 9. The lowest BCUT2D eigenvalue weighted by Gasteiger charge is -2.26. The van der Waals surface area contributed by atoms with Crippen LogP contribution < -0.4 is 24.8 Å². The largest absolute Gasteiger partial charge is 0.486 e. The summed E-state index contributed by atoms with van der Waals surface area (Å²) >= 11 is 0. The number of fused-ring (bicyclic) bond motifs is 1. The number of carbonyl (C=O) groups excluding carboxylic acids is 3. The van der Waals surface area contributed by atoms with Crippen molar-refractivity contribution in [2.75, 3.05) is 32.9 Å². The van der Waals surface area contributed by atoms with E-state index in [0.29, 0.717) is 23.9 Å². The number of amides is 2. The van der Waals surface area contributed by atoms with Crippen LogP contribution in [0.25, 0.3) is 0 Å². The first kappa shape index (κ1) is 21.0. The van der Waals surface area contributed by atoms with Gasteiger partial charge in [0.1, 0.15) is 25.0 Å². The minimum Gasteiger partial charge on any atom is -0.486 e. The van der Waals surface area contributed by atoms with E-state index in [-0.39, 0.29) is 25.8 Å². The van der Waals surface area contributed by atoms with Crippen molar-refractivity contribution in [2.24, 2.45) is 0 Å². The Morgan fingerprint density at radius 2 is 1.60 bits per heavy atom. The molecule has 30 heavy (non-hydrogen) atoms. The van der Waals surface area contributed by atoms with Gasteiger partial charge >= 0.3 is 5.97 Å². The van der Waals surface area contributed by atoms with Crippen LogP contribution in [0.5, 0.6) is 17.2 Å². The lowest BCUT2D eigenvalue weighted by Crippen LogP contribution is -2.42. The Hall–Kier alpha value is -3.75. The van der Waals surface area contributed by atoms with Crippen LogP contribution in [0.2, 0.25) is 0 Å². The van der Waals surface area contributed by atoms with Crippen molar-refractivity contribution in [1.29, 1.82) is 0 Å². The molecule has 0 saturated heterocycles. The molecule has 9 nitrogen and oxygen atoms in total. The lowest BCUT2D eigenvalue weighted by atomic mass is 10.2. The highest BCUT2D eigenvalue weighted by molar-refractivity contribution is 5.84. The van der Waals surface area contributed by atoms with Crippen molar-refractivity contribution in [3.8, 4) is 17.2 Å². The zero-order chi connectivity index (χ0) is 21.2. The van der Waals surface area contributed by atoms with Crippen molar-refractivity contribution >= 4 is 17.8 Å². The molecule has 0 aliphatic carbocycles. The van der Waals surface area contributed by atoms with Gasteiger partial charge in [0.25, 0.3) is 11.8 Å². The zero-order valence-electron chi connectivity index (χ0n) is 16.2. The summed E-state index contributed by atoms with van der Waals surface area (Å²) < 4.78 is 21.4. The van der Waals surface area contributed by atoms with E-state index >= 15 is 0 Å². The molecule has 0 spiro atoms. The zero-order valence-corrected chi connectivity index (χ0v) is 16.2. The quantitative estimate of drug-likeness (QED) is 0.581. The fourth-order valence-electron chi connectivity index (χ4n) is 2.53. The predicted molar refractivity (Wildman–Crippen MR) is 105 cm³/mol. The molecule has 0 aromatic heterocycles. The van der Waals surface area contributed by atoms with Crippen LogP contribution >= 0.6 is 0 Å². The Bertz CT molecular complexity index is 873. The normalized spacial score (nSPS) is 14.3. The molecule has 1 aliphatic rings. The average Bonchev–Trinajstić information content (AvgIpc) is 2.79. The van der Waals surface area contributed by atoms with Gasteiger partial charge < -0.3 is 29.6 Å². The minimum atomic E-state index is -0.732. The van der Waals surface area contributed by atoms with Crippen LogP contribution in [0.4, 0.5) is 0 Å². The molecule has 3 rings (SSSR count). The summed E-state index contributed by atoms with van der Waals surface area (Å²) in [5, 5.41) is 4.98. The number of nitrogens with one attached hydrogen (secondary N) is 2. The smallest absolute Gasteiger partial charge is 0.325 e. The summed E-state index contributed by atoms with van der Waals surface area (Å²) in [5.41, 5.74) is 0. The summed E-state index contributed by atoms with van der Waals surface area (Å²) in [6.07, 6.45) is -0.344. The van der Waals surface area contributed by atoms with Crippen LogP contribution in [0.1, 0.15) is 0 Å². The maximum atomic E-state index is 11.8. The van der Waals surface area contributed by atoms with Gasteiger partial charge in [-0.25, -0.2) is 0 Å². The third-order valence-corrected chi connectivity index (χ3v) is 4.00.